The summed E-state index contributed by atoms with van der Waals surface area (Å²) in [5, 5.41) is 8.07. The summed E-state index contributed by atoms with van der Waals surface area (Å²) in [5.41, 5.74) is 0.800. The lowest BCUT2D eigenvalue weighted by Gasteiger charge is -2.06. The van der Waals surface area contributed by atoms with E-state index in [9.17, 15) is 4.79 Å². The van der Waals surface area contributed by atoms with Crippen LogP contribution in [0.1, 0.15) is 33.6 Å². The predicted octanol–water partition coefficient (Wildman–Crippen LogP) is 4.10. The fraction of sp³-hybridized carbons (Fsp3) is 0.800. The zero-order valence-electron chi connectivity index (χ0n) is 10.1. The van der Waals surface area contributed by atoms with Crippen molar-refractivity contribution >= 4 is 44.2 Å². The summed E-state index contributed by atoms with van der Waals surface area (Å²) < 4.78 is 0. The summed E-state index contributed by atoms with van der Waals surface area (Å²) in [6.07, 6.45) is 5.95. The normalized spacial score (nSPS) is 11.3. The molecule has 0 spiro atoms. The number of carbonyl (C=O) groups is 1. The fourth-order valence-corrected chi connectivity index (χ4v) is 2.45. The van der Waals surface area contributed by atoms with Gasteiger partial charge in [-0.1, -0.05) is 40.3 Å². The summed E-state index contributed by atoms with van der Waals surface area (Å²) in [7, 11) is 3.70. The Morgan fingerprint density at radius 3 is 2.07 bits per heavy atom. The summed E-state index contributed by atoms with van der Waals surface area (Å²) >= 11 is 1.24. The Bertz CT molecular complexity index is 186. The summed E-state index contributed by atoms with van der Waals surface area (Å²) in [6, 6.07) is 0. The highest BCUT2D eigenvalue weighted by molar-refractivity contribution is 8.76. The lowest BCUT2D eigenvalue weighted by Crippen LogP contribution is -1.97. The van der Waals surface area contributed by atoms with Gasteiger partial charge in [-0.05, 0) is 32.3 Å². The van der Waals surface area contributed by atoms with Gasteiger partial charge in [-0.15, -0.1) is 0 Å². The van der Waals surface area contributed by atoms with Gasteiger partial charge in [0.2, 0.25) is 0 Å². The van der Waals surface area contributed by atoms with Crippen LogP contribution in [-0.2, 0) is 4.79 Å². The van der Waals surface area contributed by atoms with Gasteiger partial charge in [0.15, 0.2) is 5.12 Å². The largest absolute Gasteiger partial charge is 0.310 e. The molecule has 0 rings (SSSR count). The van der Waals surface area contributed by atoms with Gasteiger partial charge in [0.25, 0.3) is 0 Å². The number of hydrogen-bond donors (Lipinski definition) is 1. The molecule has 15 heavy (non-hydrogen) atoms. The average molecular weight is 267 g/mol. The molecule has 0 aromatic heterocycles. The molecular formula is C10H21NOS3. The quantitative estimate of drug-likeness (QED) is 0.601. The number of carbonyl (C=O) groups excluding carboxylic acids is 1. The van der Waals surface area contributed by atoms with Crippen molar-refractivity contribution < 1.29 is 4.79 Å². The second-order valence-corrected chi connectivity index (χ2v) is 6.98. The molecule has 0 aromatic rings. The molecule has 0 fully saturated rings. The molecule has 0 amide bonds. The van der Waals surface area contributed by atoms with Crippen LogP contribution in [0.4, 0.5) is 0 Å². The summed E-state index contributed by atoms with van der Waals surface area (Å²) in [6.45, 7) is 5.63. The van der Waals surface area contributed by atoms with E-state index in [2.05, 4.69) is 13.2 Å². The number of hydrogen-bond acceptors (Lipinski definition) is 5. The maximum Gasteiger partial charge on any atom is 0.185 e. The van der Waals surface area contributed by atoms with Crippen LogP contribution in [0.5, 0.6) is 0 Å². The van der Waals surface area contributed by atoms with Crippen LogP contribution in [0.3, 0.4) is 0 Å². The minimum absolute atomic E-state index is 0.171. The van der Waals surface area contributed by atoms with Crippen LogP contribution < -0.4 is 0 Å². The van der Waals surface area contributed by atoms with E-state index in [0.717, 1.165) is 18.6 Å². The van der Waals surface area contributed by atoms with Crippen LogP contribution in [-0.4, -0.2) is 28.6 Å². The SMILES string of the molecule is CSC(C)=O.CSSC(C)CCC(C)=N. The second-order valence-electron chi connectivity index (χ2n) is 3.09. The average Bonchev–Trinajstić information content (AvgIpc) is 2.16. The van der Waals surface area contributed by atoms with Crippen molar-refractivity contribution in [3.63, 3.8) is 0 Å². The van der Waals surface area contributed by atoms with Crippen LogP contribution in [0, 0.1) is 5.41 Å². The molecule has 0 bridgehead atoms. The zero-order valence-corrected chi connectivity index (χ0v) is 12.6. The van der Waals surface area contributed by atoms with Crippen molar-refractivity contribution in [1.82, 2.24) is 0 Å². The smallest absolute Gasteiger partial charge is 0.185 e. The van der Waals surface area contributed by atoms with Crippen LogP contribution in [0.2, 0.25) is 0 Å². The Kier molecular flexibility index (Phi) is 14.8. The summed E-state index contributed by atoms with van der Waals surface area (Å²) in [5.74, 6) is 0. The fourth-order valence-electron chi connectivity index (χ4n) is 0.632. The zero-order chi connectivity index (χ0) is 12.3. The molecule has 1 unspecified atom stereocenters. The lowest BCUT2D eigenvalue weighted by atomic mass is 10.2. The highest BCUT2D eigenvalue weighted by atomic mass is 33.1. The number of nitrogens with one attached hydrogen (secondary N) is 1. The minimum Gasteiger partial charge on any atom is -0.310 e. The van der Waals surface area contributed by atoms with Crippen LogP contribution >= 0.6 is 33.3 Å². The number of rotatable bonds is 5. The van der Waals surface area contributed by atoms with Gasteiger partial charge >= 0.3 is 0 Å². The molecule has 90 valence electrons. The van der Waals surface area contributed by atoms with Gasteiger partial charge in [-0.2, -0.15) is 0 Å². The van der Waals surface area contributed by atoms with Crippen molar-refractivity contribution in [2.75, 3.05) is 12.5 Å². The van der Waals surface area contributed by atoms with E-state index in [4.69, 9.17) is 5.41 Å². The van der Waals surface area contributed by atoms with E-state index in [0.29, 0.717) is 5.25 Å². The first-order valence-electron chi connectivity index (χ1n) is 4.72. The Labute approximate surface area is 106 Å². The van der Waals surface area contributed by atoms with Gasteiger partial charge in [0.05, 0.1) is 0 Å². The molecule has 0 heterocycles. The molecule has 5 heteroatoms. The standard InChI is InChI=1S/C7H15NS2.C3H6OS/c1-6(8)4-5-7(2)10-9-3;1-3(4)5-2/h7-8H,4-5H2,1-3H3;1-2H3. The lowest BCUT2D eigenvalue weighted by molar-refractivity contribution is -0.109. The molecule has 1 atom stereocenters. The Balaban J connectivity index is 0. The van der Waals surface area contributed by atoms with Gasteiger partial charge in [-0.25, -0.2) is 0 Å². The first kappa shape index (κ1) is 17.8. The highest BCUT2D eigenvalue weighted by Gasteiger charge is 2.00. The monoisotopic (exact) mass is 267 g/mol. The van der Waals surface area contributed by atoms with Gasteiger partial charge in [-0.3, -0.25) is 4.79 Å². The first-order valence-corrected chi connectivity index (χ1v) is 8.56. The van der Waals surface area contributed by atoms with E-state index in [-0.39, 0.29) is 5.12 Å². The Hall–Kier alpha value is 0.390. The molecule has 0 aliphatic rings. The first-order chi connectivity index (χ1) is 6.93. The van der Waals surface area contributed by atoms with E-state index >= 15 is 0 Å². The second kappa shape index (κ2) is 12.5. The van der Waals surface area contributed by atoms with E-state index in [1.54, 1.807) is 13.2 Å². The molecule has 1 N–H and O–H groups in total. The Morgan fingerprint density at radius 1 is 1.33 bits per heavy atom. The van der Waals surface area contributed by atoms with Crippen molar-refractivity contribution in [1.29, 1.82) is 5.41 Å². The maximum atomic E-state index is 9.78. The molecular weight excluding hydrogens is 246 g/mol. The van der Waals surface area contributed by atoms with Crippen LogP contribution in [0.15, 0.2) is 0 Å². The third-order valence-corrected chi connectivity index (χ3v) is 4.37. The predicted molar refractivity (Wildman–Crippen MR) is 77.4 cm³/mol. The van der Waals surface area contributed by atoms with Crippen LogP contribution in [0.25, 0.3) is 0 Å². The van der Waals surface area contributed by atoms with Crippen molar-refractivity contribution in [2.24, 2.45) is 0 Å². The Morgan fingerprint density at radius 2 is 1.80 bits per heavy atom. The van der Waals surface area contributed by atoms with Gasteiger partial charge in [0, 0.05) is 17.9 Å². The highest BCUT2D eigenvalue weighted by Crippen LogP contribution is 2.26. The molecule has 0 saturated heterocycles. The van der Waals surface area contributed by atoms with Crippen molar-refractivity contribution in [3.05, 3.63) is 0 Å². The topological polar surface area (TPSA) is 40.9 Å². The van der Waals surface area contributed by atoms with Gasteiger partial charge in [0.1, 0.15) is 0 Å². The third-order valence-electron chi connectivity index (χ3n) is 1.47. The number of thioether (sulfide) groups is 1. The molecule has 0 aliphatic carbocycles. The molecule has 0 aromatic carbocycles. The van der Waals surface area contributed by atoms with Gasteiger partial charge < -0.3 is 5.41 Å². The van der Waals surface area contributed by atoms with Crippen molar-refractivity contribution in [3.8, 4) is 0 Å². The minimum atomic E-state index is 0.171. The summed E-state index contributed by atoms with van der Waals surface area (Å²) in [4.78, 5) is 9.78. The molecule has 0 radical (unpaired) electrons. The third kappa shape index (κ3) is 20.5. The molecule has 0 aliphatic heterocycles. The molecule has 2 nitrogen and oxygen atoms in total. The van der Waals surface area contributed by atoms with E-state index in [1.165, 1.54) is 11.8 Å². The van der Waals surface area contributed by atoms with E-state index in [1.807, 2.05) is 28.5 Å². The maximum absolute atomic E-state index is 9.78. The van der Waals surface area contributed by atoms with Crippen molar-refractivity contribution in [2.45, 2.75) is 38.9 Å². The molecule has 0 saturated carbocycles. The van der Waals surface area contributed by atoms with E-state index < -0.39 is 0 Å².